The lowest BCUT2D eigenvalue weighted by Gasteiger charge is -2.28. The minimum Gasteiger partial charge on any atom is -0.382 e. The molecule has 0 bridgehead atoms. The van der Waals surface area contributed by atoms with Gasteiger partial charge in [0.1, 0.15) is 0 Å². The Labute approximate surface area is 142 Å². The van der Waals surface area contributed by atoms with Crippen molar-refractivity contribution in [2.45, 2.75) is 31.9 Å². The van der Waals surface area contributed by atoms with Gasteiger partial charge in [0.25, 0.3) is 0 Å². The molecule has 1 aliphatic rings. The zero-order chi connectivity index (χ0) is 16.9. The molecule has 0 N–H and O–H groups in total. The second-order valence-electron chi connectivity index (χ2n) is 6.21. The third-order valence-electron chi connectivity index (χ3n) is 4.38. The van der Waals surface area contributed by atoms with E-state index < -0.39 is 0 Å². The highest BCUT2D eigenvalue weighted by Crippen LogP contribution is 2.28. The van der Waals surface area contributed by atoms with Gasteiger partial charge in [0.15, 0.2) is 5.82 Å². The summed E-state index contributed by atoms with van der Waals surface area (Å²) in [6, 6.07) is 4.27. The standard InChI is InChI=1S/C17H25N5O2/c1-13-4-5-17(20-19-13)22-7-6-16(24-9-8-23-3)15(22)10-14-11-18-21(2)12-14/h4-5,11-12,15-16H,6-10H2,1-3H3/t15-,16-/m1/s1. The highest BCUT2D eigenvalue weighted by Gasteiger charge is 2.36. The number of methoxy groups -OCH3 is 1. The SMILES string of the molecule is COCCO[C@@H]1CCN(c2ccc(C)nn2)[C@@H]1Cc1cnn(C)c1. The molecule has 1 fully saturated rings. The van der Waals surface area contributed by atoms with Gasteiger partial charge in [0.05, 0.1) is 37.3 Å². The van der Waals surface area contributed by atoms with Crippen LogP contribution in [0.3, 0.4) is 0 Å². The molecule has 1 saturated heterocycles. The Balaban J connectivity index is 1.77. The molecule has 7 heteroatoms. The highest BCUT2D eigenvalue weighted by molar-refractivity contribution is 5.41. The first-order valence-corrected chi connectivity index (χ1v) is 8.32. The van der Waals surface area contributed by atoms with Crippen molar-refractivity contribution in [3.8, 4) is 0 Å². The van der Waals surface area contributed by atoms with Crippen LogP contribution in [0.25, 0.3) is 0 Å². The van der Waals surface area contributed by atoms with E-state index in [2.05, 4.69) is 26.4 Å². The molecular weight excluding hydrogens is 306 g/mol. The number of hydrogen-bond donors (Lipinski definition) is 0. The predicted molar refractivity (Wildman–Crippen MR) is 91.0 cm³/mol. The minimum absolute atomic E-state index is 0.156. The summed E-state index contributed by atoms with van der Waals surface area (Å²) in [5.41, 5.74) is 2.13. The molecule has 3 rings (SSSR count). The molecule has 0 spiro atoms. The summed E-state index contributed by atoms with van der Waals surface area (Å²) in [4.78, 5) is 2.30. The van der Waals surface area contributed by atoms with Crippen molar-refractivity contribution in [1.29, 1.82) is 0 Å². The van der Waals surface area contributed by atoms with Crippen molar-refractivity contribution >= 4 is 5.82 Å². The van der Waals surface area contributed by atoms with Crippen LogP contribution in [0, 0.1) is 6.92 Å². The van der Waals surface area contributed by atoms with Crippen LogP contribution in [0.4, 0.5) is 5.82 Å². The summed E-state index contributed by atoms with van der Waals surface area (Å²) in [6.45, 7) is 4.09. The molecule has 0 aliphatic carbocycles. The number of anilines is 1. The van der Waals surface area contributed by atoms with Gasteiger partial charge in [-0.3, -0.25) is 4.68 Å². The van der Waals surface area contributed by atoms with E-state index in [4.69, 9.17) is 9.47 Å². The van der Waals surface area contributed by atoms with E-state index in [1.54, 1.807) is 7.11 Å². The number of rotatable bonds is 7. The third-order valence-corrected chi connectivity index (χ3v) is 4.38. The summed E-state index contributed by atoms with van der Waals surface area (Å²) >= 11 is 0. The Bertz CT molecular complexity index is 643. The minimum atomic E-state index is 0.156. The first-order chi connectivity index (χ1) is 11.7. The van der Waals surface area contributed by atoms with Crippen LogP contribution < -0.4 is 4.90 Å². The number of hydrogen-bond acceptors (Lipinski definition) is 6. The molecule has 3 heterocycles. The normalized spacial score (nSPS) is 20.7. The molecule has 0 radical (unpaired) electrons. The topological polar surface area (TPSA) is 65.3 Å². The largest absolute Gasteiger partial charge is 0.382 e. The van der Waals surface area contributed by atoms with Gasteiger partial charge in [-0.15, -0.1) is 5.10 Å². The van der Waals surface area contributed by atoms with Gasteiger partial charge in [-0.25, -0.2) is 0 Å². The lowest BCUT2D eigenvalue weighted by molar-refractivity contribution is 0.0137. The Morgan fingerprint density at radius 2 is 2.12 bits per heavy atom. The van der Waals surface area contributed by atoms with Crippen LogP contribution in [0.15, 0.2) is 24.5 Å². The van der Waals surface area contributed by atoms with Gasteiger partial charge >= 0.3 is 0 Å². The van der Waals surface area contributed by atoms with E-state index in [-0.39, 0.29) is 12.1 Å². The molecule has 2 aromatic heterocycles. The van der Waals surface area contributed by atoms with Gasteiger partial charge in [-0.1, -0.05) is 0 Å². The van der Waals surface area contributed by atoms with Crippen LogP contribution in [0.1, 0.15) is 17.7 Å². The maximum Gasteiger partial charge on any atom is 0.151 e. The maximum atomic E-state index is 6.07. The van der Waals surface area contributed by atoms with Crippen molar-refractivity contribution in [2.75, 3.05) is 31.8 Å². The molecular formula is C17H25N5O2. The van der Waals surface area contributed by atoms with Gasteiger partial charge in [-0.05, 0) is 37.5 Å². The zero-order valence-electron chi connectivity index (χ0n) is 14.6. The van der Waals surface area contributed by atoms with Crippen LogP contribution in [0.5, 0.6) is 0 Å². The fraction of sp³-hybridized carbons (Fsp3) is 0.588. The van der Waals surface area contributed by atoms with E-state index in [0.29, 0.717) is 13.2 Å². The Morgan fingerprint density at radius 1 is 1.25 bits per heavy atom. The number of nitrogens with zero attached hydrogens (tertiary/aromatic N) is 5. The second kappa shape index (κ2) is 7.72. The molecule has 0 saturated carbocycles. The van der Waals surface area contributed by atoms with Crippen LogP contribution >= 0.6 is 0 Å². The molecule has 0 aromatic carbocycles. The summed E-state index contributed by atoms with van der Waals surface area (Å²) < 4.78 is 13.0. The number of ether oxygens (including phenoxy) is 2. The Kier molecular flexibility index (Phi) is 5.42. The average molecular weight is 331 g/mol. The first-order valence-electron chi connectivity index (χ1n) is 8.32. The second-order valence-corrected chi connectivity index (χ2v) is 6.21. The lowest BCUT2D eigenvalue weighted by Crippen LogP contribution is -2.39. The molecule has 7 nitrogen and oxygen atoms in total. The number of aryl methyl sites for hydroxylation is 2. The smallest absolute Gasteiger partial charge is 0.151 e. The molecule has 130 valence electrons. The monoisotopic (exact) mass is 331 g/mol. The van der Waals surface area contributed by atoms with Crippen molar-refractivity contribution in [1.82, 2.24) is 20.0 Å². The van der Waals surface area contributed by atoms with Crippen molar-refractivity contribution < 1.29 is 9.47 Å². The van der Waals surface area contributed by atoms with Gasteiger partial charge in [0.2, 0.25) is 0 Å². The summed E-state index contributed by atoms with van der Waals surface area (Å²) in [5.74, 6) is 0.910. The summed E-state index contributed by atoms with van der Waals surface area (Å²) in [7, 11) is 3.63. The van der Waals surface area contributed by atoms with Gasteiger partial charge in [-0.2, -0.15) is 10.2 Å². The maximum absolute atomic E-state index is 6.07. The van der Waals surface area contributed by atoms with Crippen LogP contribution in [-0.4, -0.2) is 59.0 Å². The fourth-order valence-electron chi connectivity index (χ4n) is 3.19. The Morgan fingerprint density at radius 3 is 2.79 bits per heavy atom. The fourth-order valence-corrected chi connectivity index (χ4v) is 3.19. The molecule has 0 amide bonds. The van der Waals surface area contributed by atoms with Crippen molar-refractivity contribution in [3.63, 3.8) is 0 Å². The lowest BCUT2D eigenvalue weighted by atomic mass is 10.0. The first kappa shape index (κ1) is 16.9. The number of aromatic nitrogens is 4. The van der Waals surface area contributed by atoms with Gasteiger partial charge < -0.3 is 14.4 Å². The van der Waals surface area contributed by atoms with E-state index in [0.717, 1.165) is 30.9 Å². The molecule has 2 aromatic rings. The average Bonchev–Trinajstić information content (AvgIpc) is 3.16. The van der Waals surface area contributed by atoms with E-state index >= 15 is 0 Å². The van der Waals surface area contributed by atoms with Crippen LogP contribution in [0.2, 0.25) is 0 Å². The summed E-state index contributed by atoms with van der Waals surface area (Å²) in [5, 5.41) is 12.8. The van der Waals surface area contributed by atoms with Crippen molar-refractivity contribution in [2.24, 2.45) is 7.05 Å². The molecule has 1 aliphatic heterocycles. The molecule has 24 heavy (non-hydrogen) atoms. The third kappa shape index (κ3) is 3.91. The van der Waals surface area contributed by atoms with Crippen LogP contribution in [-0.2, 0) is 22.9 Å². The van der Waals surface area contributed by atoms with Gasteiger partial charge in [0, 0.05) is 26.9 Å². The van der Waals surface area contributed by atoms with E-state index in [1.165, 1.54) is 5.56 Å². The van der Waals surface area contributed by atoms with Crippen molar-refractivity contribution in [3.05, 3.63) is 35.8 Å². The van der Waals surface area contributed by atoms with E-state index in [9.17, 15) is 0 Å². The molecule has 2 atom stereocenters. The van der Waals surface area contributed by atoms with E-state index in [1.807, 2.05) is 37.0 Å². The summed E-state index contributed by atoms with van der Waals surface area (Å²) in [6.07, 6.45) is 5.99. The zero-order valence-corrected chi connectivity index (χ0v) is 14.6. The highest BCUT2D eigenvalue weighted by atomic mass is 16.5. The predicted octanol–water partition coefficient (Wildman–Crippen LogP) is 1.37. The quantitative estimate of drug-likeness (QED) is 0.714. The molecule has 0 unspecified atom stereocenters. The Hall–Kier alpha value is -1.99.